The zero-order valence-corrected chi connectivity index (χ0v) is 21.2. The maximum atomic E-state index is 6.86. The molecule has 0 amide bonds. The molecule has 0 aliphatic rings. The Morgan fingerprint density at radius 2 is 1.19 bits per heavy atom. The van der Waals surface area contributed by atoms with Crippen LogP contribution in [0.15, 0.2) is 30.3 Å². The minimum absolute atomic E-state index is 0.132. The van der Waals surface area contributed by atoms with E-state index in [1.165, 1.54) is 10.9 Å². The van der Waals surface area contributed by atoms with Gasteiger partial charge in [-0.1, -0.05) is 65.3 Å². The van der Waals surface area contributed by atoms with Gasteiger partial charge in [0.05, 0.1) is 0 Å². The van der Waals surface area contributed by atoms with Gasteiger partial charge in [-0.2, -0.15) is 0 Å². The first-order valence-electron chi connectivity index (χ1n) is 9.97. The molecule has 0 unspecified atom stereocenters. The van der Waals surface area contributed by atoms with Gasteiger partial charge in [-0.3, -0.25) is 0 Å². The molecule has 0 spiro atoms. The summed E-state index contributed by atoms with van der Waals surface area (Å²) < 4.78 is 13.6. The van der Waals surface area contributed by atoms with Crippen LogP contribution in [0, 0.1) is 6.92 Å². The summed E-state index contributed by atoms with van der Waals surface area (Å²) in [4.78, 5) is 0. The van der Waals surface area contributed by atoms with Crippen molar-refractivity contribution in [1.29, 1.82) is 0 Å². The Morgan fingerprint density at radius 3 is 1.70 bits per heavy atom. The summed E-state index contributed by atoms with van der Waals surface area (Å²) >= 11 is 0. The van der Waals surface area contributed by atoms with Crippen molar-refractivity contribution in [2.24, 2.45) is 0 Å². The number of aryl methyl sites for hydroxylation is 1. The Labute approximate surface area is 168 Å². The second kappa shape index (κ2) is 6.96. The van der Waals surface area contributed by atoms with Gasteiger partial charge in [-0.15, -0.1) is 0 Å². The number of hydrogen-bond acceptors (Lipinski definition) is 2. The molecule has 0 fully saturated rings. The summed E-state index contributed by atoms with van der Waals surface area (Å²) in [5.74, 6) is 1.84. The highest BCUT2D eigenvalue weighted by Gasteiger charge is 2.42. The van der Waals surface area contributed by atoms with E-state index in [9.17, 15) is 0 Å². The Balaban J connectivity index is 2.67. The minimum atomic E-state index is -2.00. The van der Waals surface area contributed by atoms with Crippen molar-refractivity contribution in [2.75, 3.05) is 0 Å². The largest absolute Gasteiger partial charge is 0.541 e. The lowest BCUT2D eigenvalue weighted by molar-refractivity contribution is 0.444. The highest BCUT2D eigenvalue weighted by atomic mass is 28.4. The Hall–Kier alpha value is -1.27. The summed E-state index contributed by atoms with van der Waals surface area (Å²) in [5.41, 5.74) is 1.24. The molecule has 27 heavy (non-hydrogen) atoms. The zero-order chi connectivity index (χ0) is 20.8. The first-order chi connectivity index (χ1) is 12.1. The van der Waals surface area contributed by atoms with Crippen molar-refractivity contribution < 1.29 is 8.85 Å². The maximum absolute atomic E-state index is 6.86. The molecule has 2 nitrogen and oxygen atoms in total. The van der Waals surface area contributed by atoms with Gasteiger partial charge in [0.25, 0.3) is 16.6 Å². The van der Waals surface area contributed by atoms with E-state index in [2.05, 4.69) is 105 Å². The normalized spacial score (nSPS) is 13.7. The molecule has 0 aliphatic heterocycles. The van der Waals surface area contributed by atoms with Gasteiger partial charge >= 0.3 is 0 Å². The molecule has 0 saturated carbocycles. The number of fused-ring (bicyclic) bond motifs is 1. The third-order valence-corrected chi connectivity index (χ3v) is 15.1. The van der Waals surface area contributed by atoms with Crippen molar-refractivity contribution in [3.63, 3.8) is 0 Å². The SMILES string of the molecule is Cc1ccc2ccc(O[Si](C)(C)C(C)(C)C)c(O[Si](C)(C)C(C)(C)C)c2c1. The highest BCUT2D eigenvalue weighted by molar-refractivity contribution is 6.75. The molecule has 0 saturated heterocycles. The van der Waals surface area contributed by atoms with Crippen LogP contribution in [-0.2, 0) is 0 Å². The van der Waals surface area contributed by atoms with Gasteiger partial charge in [0, 0.05) is 5.39 Å². The van der Waals surface area contributed by atoms with Gasteiger partial charge in [0.15, 0.2) is 5.75 Å². The van der Waals surface area contributed by atoms with Crippen LogP contribution in [0.25, 0.3) is 10.8 Å². The molecule has 0 atom stereocenters. The molecule has 2 aromatic carbocycles. The molecule has 0 N–H and O–H groups in total. The third-order valence-electron chi connectivity index (χ3n) is 6.43. The molecule has 0 aromatic heterocycles. The standard InChI is InChI=1S/C23H38O2Si2/c1-17-12-13-18-14-15-20(24-26(8,9)22(2,3)4)21(19(18)16-17)25-27(10,11)23(5,6)7/h12-16H,1-11H3. The topological polar surface area (TPSA) is 18.5 Å². The lowest BCUT2D eigenvalue weighted by Crippen LogP contribution is -2.45. The molecule has 4 heteroatoms. The molecular formula is C23H38O2Si2. The molecule has 0 aliphatic carbocycles. The number of hydrogen-bond donors (Lipinski definition) is 0. The summed E-state index contributed by atoms with van der Waals surface area (Å²) in [6.07, 6.45) is 0. The Bertz CT molecular complexity index is 825. The molecule has 150 valence electrons. The molecule has 2 aromatic rings. The molecular weight excluding hydrogens is 364 g/mol. The van der Waals surface area contributed by atoms with Crippen molar-refractivity contribution in [1.82, 2.24) is 0 Å². The monoisotopic (exact) mass is 402 g/mol. The van der Waals surface area contributed by atoms with E-state index >= 15 is 0 Å². The smallest absolute Gasteiger partial charge is 0.250 e. The molecule has 0 heterocycles. The van der Waals surface area contributed by atoms with Gasteiger partial charge in [0.1, 0.15) is 5.75 Å². The maximum Gasteiger partial charge on any atom is 0.250 e. The zero-order valence-electron chi connectivity index (χ0n) is 19.2. The van der Waals surface area contributed by atoms with Crippen LogP contribution < -0.4 is 8.85 Å². The second-order valence-corrected chi connectivity index (χ2v) is 20.3. The fraction of sp³-hybridized carbons (Fsp3) is 0.565. The third kappa shape index (κ3) is 4.60. The van der Waals surface area contributed by atoms with E-state index < -0.39 is 16.6 Å². The molecule has 2 rings (SSSR count). The highest BCUT2D eigenvalue weighted by Crippen LogP contribution is 2.46. The van der Waals surface area contributed by atoms with Crippen molar-refractivity contribution in [2.45, 2.75) is 84.7 Å². The van der Waals surface area contributed by atoms with Crippen LogP contribution in [0.2, 0.25) is 36.3 Å². The average Bonchev–Trinajstić information content (AvgIpc) is 2.47. The summed E-state index contributed by atoms with van der Waals surface area (Å²) in [7, 11) is -3.96. The van der Waals surface area contributed by atoms with Crippen LogP contribution in [0.1, 0.15) is 47.1 Å². The van der Waals surface area contributed by atoms with Crippen molar-refractivity contribution in [3.05, 3.63) is 35.9 Å². The van der Waals surface area contributed by atoms with Gasteiger partial charge in [-0.05, 0) is 60.7 Å². The van der Waals surface area contributed by atoms with Crippen molar-refractivity contribution >= 4 is 27.4 Å². The fourth-order valence-electron chi connectivity index (χ4n) is 2.41. The van der Waals surface area contributed by atoms with Crippen LogP contribution in [0.4, 0.5) is 0 Å². The molecule has 0 radical (unpaired) electrons. The Morgan fingerprint density at radius 1 is 0.704 bits per heavy atom. The lowest BCUT2D eigenvalue weighted by Gasteiger charge is -2.40. The van der Waals surface area contributed by atoms with Crippen LogP contribution in [0.3, 0.4) is 0 Å². The van der Waals surface area contributed by atoms with Gasteiger partial charge in [-0.25, -0.2) is 0 Å². The van der Waals surface area contributed by atoms with E-state index in [0.717, 1.165) is 16.9 Å². The predicted octanol–water partition coefficient (Wildman–Crippen LogP) is 7.92. The van der Waals surface area contributed by atoms with Crippen LogP contribution in [0.5, 0.6) is 11.5 Å². The summed E-state index contributed by atoms with van der Waals surface area (Å²) in [5, 5.41) is 2.64. The van der Waals surface area contributed by atoms with Gasteiger partial charge in [0.2, 0.25) is 0 Å². The molecule has 0 bridgehead atoms. The summed E-state index contributed by atoms with van der Waals surface area (Å²) in [6, 6.07) is 10.8. The quantitative estimate of drug-likeness (QED) is 0.483. The van der Waals surface area contributed by atoms with E-state index in [4.69, 9.17) is 8.85 Å². The van der Waals surface area contributed by atoms with E-state index in [0.29, 0.717) is 0 Å². The van der Waals surface area contributed by atoms with E-state index in [1.807, 2.05) is 0 Å². The second-order valence-electron chi connectivity index (χ2n) is 10.8. The van der Waals surface area contributed by atoms with Gasteiger partial charge < -0.3 is 8.85 Å². The van der Waals surface area contributed by atoms with Crippen molar-refractivity contribution in [3.8, 4) is 11.5 Å². The van der Waals surface area contributed by atoms with Crippen LogP contribution >= 0.6 is 0 Å². The minimum Gasteiger partial charge on any atom is -0.541 e. The fourth-order valence-corrected chi connectivity index (χ4v) is 4.45. The Kier molecular flexibility index (Phi) is 5.68. The van der Waals surface area contributed by atoms with Crippen LogP contribution in [-0.4, -0.2) is 16.6 Å². The van der Waals surface area contributed by atoms with E-state index in [-0.39, 0.29) is 10.1 Å². The summed E-state index contributed by atoms with van der Waals surface area (Å²) in [6.45, 7) is 25.0. The first-order valence-corrected chi connectivity index (χ1v) is 15.8. The predicted molar refractivity (Wildman–Crippen MR) is 124 cm³/mol. The number of rotatable bonds is 4. The average molecular weight is 403 g/mol. The van der Waals surface area contributed by atoms with E-state index in [1.54, 1.807) is 0 Å². The first kappa shape index (κ1) is 22.0. The number of benzene rings is 2. The lowest BCUT2D eigenvalue weighted by atomic mass is 10.1.